The fourth-order valence-electron chi connectivity index (χ4n) is 3.51. The van der Waals surface area contributed by atoms with E-state index in [2.05, 4.69) is 15.3 Å². The number of carbonyl (C=O) groups excluding carboxylic acids is 1. The van der Waals surface area contributed by atoms with E-state index in [-0.39, 0.29) is 12.3 Å². The van der Waals surface area contributed by atoms with Crippen molar-refractivity contribution in [3.05, 3.63) is 76.8 Å². The molecule has 0 saturated carbocycles. The quantitative estimate of drug-likeness (QED) is 0.720. The molecule has 0 aliphatic carbocycles. The molecule has 9 heteroatoms. The van der Waals surface area contributed by atoms with E-state index in [1.165, 1.54) is 24.3 Å². The third-order valence-corrected chi connectivity index (χ3v) is 5.79. The van der Waals surface area contributed by atoms with Crippen molar-refractivity contribution < 1.29 is 19.1 Å². The van der Waals surface area contributed by atoms with Crippen molar-refractivity contribution in [3.63, 3.8) is 0 Å². The summed E-state index contributed by atoms with van der Waals surface area (Å²) >= 11 is 5.99. The smallest absolute Gasteiger partial charge is 0.290 e. The zero-order valence-electron chi connectivity index (χ0n) is 17.6. The van der Waals surface area contributed by atoms with Gasteiger partial charge in [-0.05, 0) is 44.2 Å². The number of carbonyl (C=O) groups is 1. The molecule has 2 aliphatic rings. The van der Waals surface area contributed by atoms with Crippen molar-refractivity contribution in [2.24, 2.45) is 5.10 Å². The highest BCUT2D eigenvalue weighted by molar-refractivity contribution is 6.30. The normalized spacial score (nSPS) is 18.4. The van der Waals surface area contributed by atoms with Gasteiger partial charge >= 0.3 is 0 Å². The van der Waals surface area contributed by atoms with Crippen LogP contribution in [0.3, 0.4) is 0 Å². The number of hydrogen-bond acceptors (Lipinski definition) is 6. The van der Waals surface area contributed by atoms with Gasteiger partial charge in [0, 0.05) is 42.4 Å². The van der Waals surface area contributed by atoms with Crippen LogP contribution in [-0.2, 0) is 9.63 Å². The molecule has 0 aromatic heterocycles. The highest BCUT2D eigenvalue weighted by Gasteiger charge is 2.32. The summed E-state index contributed by atoms with van der Waals surface area (Å²) in [4.78, 5) is 20.7. The number of nitrogens with one attached hydrogen (secondary N) is 1. The molecule has 2 aromatic carbocycles. The third kappa shape index (κ3) is 5.27. The number of rotatable bonds is 5. The summed E-state index contributed by atoms with van der Waals surface area (Å²) < 4.78 is 13.8. The van der Waals surface area contributed by atoms with E-state index < -0.39 is 17.3 Å². The highest BCUT2D eigenvalue weighted by Crippen LogP contribution is 2.25. The lowest BCUT2D eigenvalue weighted by Crippen LogP contribution is -2.50. The fourth-order valence-corrected chi connectivity index (χ4v) is 3.63. The summed E-state index contributed by atoms with van der Waals surface area (Å²) in [5, 5.41) is 19.6. The predicted molar refractivity (Wildman–Crippen MR) is 121 cm³/mol. The first-order valence-corrected chi connectivity index (χ1v) is 10.7. The van der Waals surface area contributed by atoms with Gasteiger partial charge in [-0.2, -0.15) is 0 Å². The molecule has 0 radical (unpaired) electrons. The van der Waals surface area contributed by atoms with Crippen molar-refractivity contribution in [2.75, 3.05) is 31.9 Å². The molecule has 1 saturated heterocycles. The molecule has 2 aromatic rings. The maximum Gasteiger partial charge on any atom is 0.290 e. The van der Waals surface area contributed by atoms with E-state index >= 15 is 0 Å². The summed E-state index contributed by atoms with van der Waals surface area (Å²) in [7, 11) is 2.00. The number of allylic oxidation sites excluding steroid dienone is 1. The summed E-state index contributed by atoms with van der Waals surface area (Å²) in [6, 6.07) is 12.7. The van der Waals surface area contributed by atoms with Crippen molar-refractivity contribution in [1.82, 2.24) is 10.2 Å². The number of hydrogen-bond donors (Lipinski definition) is 2. The molecular formula is C23H24ClFN4O3. The number of aliphatic hydroxyl groups is 1. The van der Waals surface area contributed by atoms with Gasteiger partial charge in [-0.1, -0.05) is 35.0 Å². The van der Waals surface area contributed by atoms with E-state index in [1.807, 2.05) is 7.05 Å². The van der Waals surface area contributed by atoms with E-state index in [9.17, 15) is 14.3 Å². The maximum absolute atomic E-state index is 13.8. The summed E-state index contributed by atoms with van der Waals surface area (Å²) in [6.45, 7) is 1.62. The third-order valence-electron chi connectivity index (χ3n) is 5.54. The van der Waals surface area contributed by atoms with Crippen LogP contribution in [0.2, 0.25) is 5.02 Å². The average molecular weight is 459 g/mol. The number of amides is 1. The topological polar surface area (TPSA) is 77.4 Å². The van der Waals surface area contributed by atoms with Gasteiger partial charge in [0.2, 0.25) is 5.76 Å². The number of halogens is 2. The van der Waals surface area contributed by atoms with Crippen molar-refractivity contribution in [1.29, 1.82) is 0 Å². The summed E-state index contributed by atoms with van der Waals surface area (Å²) in [5.74, 6) is -0.981. The molecule has 0 bridgehead atoms. The zero-order chi connectivity index (χ0) is 22.7. The van der Waals surface area contributed by atoms with Crippen molar-refractivity contribution >= 4 is 28.9 Å². The van der Waals surface area contributed by atoms with Crippen LogP contribution in [0, 0.1) is 5.82 Å². The first kappa shape index (κ1) is 22.3. The van der Waals surface area contributed by atoms with Crippen molar-refractivity contribution in [2.45, 2.75) is 18.4 Å². The number of piperidine rings is 1. The second-order valence-electron chi connectivity index (χ2n) is 8.06. The monoisotopic (exact) mass is 458 g/mol. The molecule has 0 atom stereocenters. The second-order valence-corrected chi connectivity index (χ2v) is 8.49. The number of hydrazone groups is 1. The van der Waals surface area contributed by atoms with Gasteiger partial charge < -0.3 is 20.2 Å². The van der Waals surface area contributed by atoms with Crippen LogP contribution in [0.1, 0.15) is 18.4 Å². The van der Waals surface area contributed by atoms with Crippen LogP contribution in [0.5, 0.6) is 0 Å². The maximum atomic E-state index is 13.8. The van der Waals surface area contributed by atoms with Crippen LogP contribution >= 0.6 is 11.6 Å². The Hall–Kier alpha value is -2.94. The van der Waals surface area contributed by atoms with Gasteiger partial charge in [0.1, 0.15) is 11.5 Å². The Morgan fingerprint density at radius 1 is 1.25 bits per heavy atom. The standard InChI is InChI=1S/C23H24ClFN4O3/c1-28-11-9-23(31,10-12-28)15-26-22(30)21-14-20(16-5-7-17(24)8-6-16)27-29(32-21)19-4-2-3-18(25)13-19/h2-8,13-14,31H,9-12,15H2,1H3,(H,26,30). The molecule has 2 heterocycles. The van der Waals surface area contributed by atoms with Gasteiger partial charge in [0.15, 0.2) is 0 Å². The predicted octanol–water partition coefficient (Wildman–Crippen LogP) is 3.09. The van der Waals surface area contributed by atoms with Crippen LogP contribution in [0.15, 0.2) is 65.5 Å². The van der Waals surface area contributed by atoms with Crippen LogP contribution in [0.25, 0.3) is 0 Å². The Labute approximate surface area is 190 Å². The lowest BCUT2D eigenvalue weighted by Gasteiger charge is -2.36. The number of likely N-dealkylation sites (tertiary alicyclic amines) is 1. The minimum absolute atomic E-state index is 0.0225. The number of nitrogens with zero attached hydrogens (tertiary/aromatic N) is 3. The Balaban J connectivity index is 1.56. The Morgan fingerprint density at radius 3 is 2.66 bits per heavy atom. The Bertz CT molecular complexity index is 1050. The zero-order valence-corrected chi connectivity index (χ0v) is 18.3. The minimum Gasteiger partial charge on any atom is -0.388 e. The van der Waals surface area contributed by atoms with Crippen LogP contribution in [0.4, 0.5) is 10.1 Å². The van der Waals surface area contributed by atoms with E-state index in [0.717, 1.165) is 18.3 Å². The molecule has 2 aliphatic heterocycles. The number of anilines is 1. The van der Waals surface area contributed by atoms with Gasteiger partial charge in [-0.3, -0.25) is 4.79 Å². The largest absolute Gasteiger partial charge is 0.388 e. The van der Waals surface area contributed by atoms with Crippen molar-refractivity contribution in [3.8, 4) is 0 Å². The first-order chi connectivity index (χ1) is 15.3. The second kappa shape index (κ2) is 9.28. The summed E-state index contributed by atoms with van der Waals surface area (Å²) in [6.07, 6.45) is 2.64. The molecule has 1 amide bonds. The van der Waals surface area contributed by atoms with E-state index in [0.29, 0.717) is 34.8 Å². The molecule has 2 N–H and O–H groups in total. The lowest BCUT2D eigenvalue weighted by atomic mass is 9.91. The molecule has 4 rings (SSSR count). The van der Waals surface area contributed by atoms with Gasteiger partial charge in [0.05, 0.1) is 11.3 Å². The SMILES string of the molecule is CN1CCC(O)(CNC(=O)C2=CC(c3ccc(Cl)cc3)=NN(c3cccc(F)c3)O2)CC1. The first-order valence-electron chi connectivity index (χ1n) is 10.3. The van der Waals surface area contributed by atoms with Gasteiger partial charge in [-0.15, -0.1) is 5.10 Å². The molecule has 1 fully saturated rings. The van der Waals surface area contributed by atoms with Crippen LogP contribution < -0.4 is 10.5 Å². The highest BCUT2D eigenvalue weighted by atomic mass is 35.5. The van der Waals surface area contributed by atoms with Gasteiger partial charge in [-0.25, -0.2) is 4.39 Å². The molecule has 32 heavy (non-hydrogen) atoms. The fraction of sp³-hybridized carbons (Fsp3) is 0.304. The molecule has 168 valence electrons. The Kier molecular flexibility index (Phi) is 6.45. The minimum atomic E-state index is -0.966. The summed E-state index contributed by atoms with van der Waals surface area (Å²) in [5.41, 5.74) is 0.509. The molecular weight excluding hydrogens is 435 g/mol. The molecule has 7 nitrogen and oxygen atoms in total. The van der Waals surface area contributed by atoms with Gasteiger partial charge in [0.25, 0.3) is 5.91 Å². The average Bonchev–Trinajstić information content (AvgIpc) is 2.80. The number of benzene rings is 2. The Morgan fingerprint density at radius 2 is 1.97 bits per heavy atom. The molecule has 0 unspecified atom stereocenters. The lowest BCUT2D eigenvalue weighted by molar-refractivity contribution is -0.123. The van der Waals surface area contributed by atoms with E-state index in [1.54, 1.807) is 30.3 Å². The van der Waals surface area contributed by atoms with Crippen LogP contribution in [-0.4, -0.2) is 53.9 Å². The van der Waals surface area contributed by atoms with E-state index in [4.69, 9.17) is 16.4 Å². The molecule has 0 spiro atoms.